The molecule has 2 atom stereocenters. The average Bonchev–Trinajstić information content (AvgIpc) is 3.07. The lowest BCUT2D eigenvalue weighted by Gasteiger charge is -2.18. The van der Waals surface area contributed by atoms with E-state index in [4.69, 9.17) is 5.11 Å². The van der Waals surface area contributed by atoms with E-state index in [-0.39, 0.29) is 6.54 Å². The molecule has 1 saturated heterocycles. The Kier molecular flexibility index (Phi) is 5.58. The van der Waals surface area contributed by atoms with Crippen molar-refractivity contribution < 1.29 is 27.9 Å². The van der Waals surface area contributed by atoms with Crippen molar-refractivity contribution in [1.29, 1.82) is 0 Å². The van der Waals surface area contributed by atoms with Crippen LogP contribution in [0.25, 0.3) is 0 Å². The molecule has 1 aliphatic rings. The van der Waals surface area contributed by atoms with E-state index in [0.717, 1.165) is 16.3 Å². The molecule has 0 saturated carbocycles. The van der Waals surface area contributed by atoms with Crippen LogP contribution in [0.3, 0.4) is 0 Å². The van der Waals surface area contributed by atoms with E-state index >= 15 is 0 Å². The van der Waals surface area contributed by atoms with Crippen LogP contribution in [0.4, 0.5) is 18.0 Å². The van der Waals surface area contributed by atoms with Crippen molar-refractivity contribution in [3.63, 3.8) is 0 Å². The molecule has 0 aromatic carbocycles. The number of carboxylic acid groups (broad SMARTS) is 1. The van der Waals surface area contributed by atoms with Crippen molar-refractivity contribution in [2.24, 2.45) is 11.8 Å². The maximum Gasteiger partial charge on any atom is 0.394 e. The van der Waals surface area contributed by atoms with Crippen LogP contribution in [0.1, 0.15) is 17.8 Å². The molecule has 7 nitrogen and oxygen atoms in total. The van der Waals surface area contributed by atoms with Gasteiger partial charge in [0.05, 0.1) is 17.5 Å². The number of alkyl halides is 3. The normalized spacial score (nSPS) is 20.8. The summed E-state index contributed by atoms with van der Waals surface area (Å²) in [5.74, 6) is -5.20. The second kappa shape index (κ2) is 7.32. The minimum absolute atomic E-state index is 0.266. The Morgan fingerprint density at radius 1 is 1.36 bits per heavy atom. The number of nitrogens with one attached hydrogen (secondary N) is 1. The number of aryl methyl sites for hydroxylation is 3. The maximum absolute atomic E-state index is 12.9. The van der Waals surface area contributed by atoms with Crippen molar-refractivity contribution in [3.05, 3.63) is 17.5 Å². The number of urea groups is 1. The number of aliphatic carboxylic acids is 1. The number of rotatable bonds is 5. The van der Waals surface area contributed by atoms with Gasteiger partial charge in [-0.2, -0.15) is 18.3 Å². The standard InChI is InChI=1S/C15H21F3N4O3/c1-9-6-10(2)22(20-9)5-3-4-19-14(25)21-7-11(13(23)24)12(8-21)15(16,17)18/h6,11-12H,3-5,7-8H2,1-2H3,(H,19,25)(H,23,24)/t11-,12-/m1/s1. The number of nitrogens with zero attached hydrogens (tertiary/aromatic N) is 3. The van der Waals surface area contributed by atoms with Gasteiger partial charge in [0.2, 0.25) is 0 Å². The third kappa shape index (κ3) is 4.64. The summed E-state index contributed by atoms with van der Waals surface area (Å²) < 4.78 is 40.5. The van der Waals surface area contributed by atoms with Crippen LogP contribution in [0.15, 0.2) is 6.07 Å². The topological polar surface area (TPSA) is 87.5 Å². The van der Waals surface area contributed by atoms with Gasteiger partial charge in [0.25, 0.3) is 0 Å². The second-order valence-corrected chi connectivity index (χ2v) is 6.23. The zero-order chi connectivity index (χ0) is 18.8. The van der Waals surface area contributed by atoms with Crippen molar-refractivity contribution in [2.75, 3.05) is 19.6 Å². The van der Waals surface area contributed by atoms with Crippen LogP contribution in [0.2, 0.25) is 0 Å². The summed E-state index contributed by atoms with van der Waals surface area (Å²) in [5, 5.41) is 15.8. The summed E-state index contributed by atoms with van der Waals surface area (Å²) in [6, 6.07) is 1.25. The van der Waals surface area contributed by atoms with Gasteiger partial charge in [0, 0.05) is 31.9 Å². The lowest BCUT2D eigenvalue weighted by molar-refractivity contribution is -0.187. The number of hydrogen-bond acceptors (Lipinski definition) is 3. The minimum atomic E-state index is -4.65. The summed E-state index contributed by atoms with van der Waals surface area (Å²) in [4.78, 5) is 23.9. The Morgan fingerprint density at radius 3 is 2.52 bits per heavy atom. The highest BCUT2D eigenvalue weighted by atomic mass is 19.4. The molecule has 0 bridgehead atoms. The van der Waals surface area contributed by atoms with E-state index in [9.17, 15) is 22.8 Å². The summed E-state index contributed by atoms with van der Waals surface area (Å²) in [7, 11) is 0. The predicted octanol–water partition coefficient (Wildman–Crippen LogP) is 1.79. The van der Waals surface area contributed by atoms with Crippen molar-refractivity contribution in [1.82, 2.24) is 20.0 Å². The van der Waals surface area contributed by atoms with Crippen LogP contribution in [0.5, 0.6) is 0 Å². The predicted molar refractivity (Wildman–Crippen MR) is 82.0 cm³/mol. The van der Waals surface area contributed by atoms with Gasteiger partial charge in [-0.25, -0.2) is 4.79 Å². The molecule has 0 aliphatic carbocycles. The van der Waals surface area contributed by atoms with Gasteiger partial charge in [-0.05, 0) is 26.3 Å². The summed E-state index contributed by atoms with van der Waals surface area (Å²) >= 11 is 0. The molecule has 1 aliphatic heterocycles. The highest BCUT2D eigenvalue weighted by Crippen LogP contribution is 2.37. The molecule has 140 valence electrons. The Morgan fingerprint density at radius 2 is 2.04 bits per heavy atom. The zero-order valence-corrected chi connectivity index (χ0v) is 14.0. The molecule has 1 aromatic rings. The van der Waals surface area contributed by atoms with Crippen molar-refractivity contribution >= 4 is 12.0 Å². The number of aromatic nitrogens is 2. The largest absolute Gasteiger partial charge is 0.481 e. The molecule has 25 heavy (non-hydrogen) atoms. The minimum Gasteiger partial charge on any atom is -0.481 e. The first-order valence-corrected chi connectivity index (χ1v) is 7.93. The van der Waals surface area contributed by atoms with Crippen LogP contribution < -0.4 is 5.32 Å². The van der Waals surface area contributed by atoms with E-state index in [2.05, 4.69) is 10.4 Å². The van der Waals surface area contributed by atoms with Gasteiger partial charge < -0.3 is 15.3 Å². The Labute approximate surface area is 142 Å². The lowest BCUT2D eigenvalue weighted by Crippen LogP contribution is -2.40. The first-order valence-electron chi connectivity index (χ1n) is 7.93. The molecule has 2 heterocycles. The first-order chi connectivity index (χ1) is 11.6. The summed E-state index contributed by atoms with van der Waals surface area (Å²) in [5.41, 5.74) is 1.87. The molecule has 1 fully saturated rings. The maximum atomic E-state index is 12.9. The van der Waals surface area contributed by atoms with E-state index < -0.39 is 43.1 Å². The van der Waals surface area contributed by atoms with Gasteiger partial charge in [0.15, 0.2) is 0 Å². The quantitative estimate of drug-likeness (QED) is 0.782. The van der Waals surface area contributed by atoms with Crippen LogP contribution in [0, 0.1) is 25.7 Å². The van der Waals surface area contributed by atoms with E-state index in [0.29, 0.717) is 13.0 Å². The fourth-order valence-electron chi connectivity index (χ4n) is 2.99. The summed E-state index contributed by atoms with van der Waals surface area (Å²) in [6.45, 7) is 3.54. The molecule has 10 heteroatoms. The number of carboxylic acids is 1. The van der Waals surface area contributed by atoms with E-state index in [1.54, 1.807) is 4.68 Å². The van der Waals surface area contributed by atoms with E-state index in [1.807, 2.05) is 19.9 Å². The van der Waals surface area contributed by atoms with Crippen molar-refractivity contribution in [3.8, 4) is 0 Å². The van der Waals surface area contributed by atoms with Crippen LogP contribution in [-0.4, -0.2) is 57.6 Å². The van der Waals surface area contributed by atoms with Crippen LogP contribution >= 0.6 is 0 Å². The Balaban J connectivity index is 1.83. The molecule has 2 amide bonds. The lowest BCUT2D eigenvalue weighted by atomic mass is 9.96. The molecular formula is C15H21F3N4O3. The average molecular weight is 362 g/mol. The number of halogens is 3. The molecule has 2 N–H and O–H groups in total. The first kappa shape index (κ1) is 19.1. The Hall–Kier alpha value is -2.26. The van der Waals surface area contributed by atoms with E-state index in [1.165, 1.54) is 0 Å². The highest BCUT2D eigenvalue weighted by Gasteiger charge is 2.53. The monoisotopic (exact) mass is 362 g/mol. The number of amides is 2. The van der Waals surface area contributed by atoms with Gasteiger partial charge in [-0.15, -0.1) is 0 Å². The Bertz CT molecular complexity index is 644. The van der Waals surface area contributed by atoms with Gasteiger partial charge in [0.1, 0.15) is 0 Å². The molecular weight excluding hydrogens is 341 g/mol. The second-order valence-electron chi connectivity index (χ2n) is 6.23. The van der Waals surface area contributed by atoms with Crippen LogP contribution in [-0.2, 0) is 11.3 Å². The van der Waals surface area contributed by atoms with Gasteiger partial charge >= 0.3 is 18.2 Å². The molecule has 0 radical (unpaired) electrons. The molecule has 2 rings (SSSR count). The molecule has 1 aromatic heterocycles. The number of likely N-dealkylation sites (tertiary alicyclic amines) is 1. The SMILES string of the molecule is Cc1cc(C)n(CCCNC(=O)N2C[C@@H](C(F)(F)F)[C@H](C(=O)O)C2)n1. The molecule has 0 spiro atoms. The van der Waals surface area contributed by atoms with Gasteiger partial charge in [-0.1, -0.05) is 0 Å². The number of carbonyl (C=O) groups is 2. The fourth-order valence-corrected chi connectivity index (χ4v) is 2.99. The fraction of sp³-hybridized carbons (Fsp3) is 0.667. The zero-order valence-electron chi connectivity index (χ0n) is 14.0. The smallest absolute Gasteiger partial charge is 0.394 e. The van der Waals surface area contributed by atoms with Crippen molar-refractivity contribution in [2.45, 2.75) is 33.0 Å². The highest BCUT2D eigenvalue weighted by molar-refractivity contribution is 5.77. The summed E-state index contributed by atoms with van der Waals surface area (Å²) in [6.07, 6.45) is -4.08. The third-order valence-corrected chi connectivity index (χ3v) is 4.27. The third-order valence-electron chi connectivity index (χ3n) is 4.27. The molecule has 0 unspecified atom stereocenters. The number of hydrogen-bond donors (Lipinski definition) is 2. The van der Waals surface area contributed by atoms with Gasteiger partial charge in [-0.3, -0.25) is 9.48 Å². The number of carbonyl (C=O) groups excluding carboxylic acids is 1.